The van der Waals surface area contributed by atoms with Crippen molar-refractivity contribution >= 4 is 23.4 Å². The monoisotopic (exact) mass is 332 g/mol. The normalized spacial score (nSPS) is 16.8. The SMILES string of the molecule is COC(=O)c1cccc(-c2cnc3c(c2Cl)C2(CC2)CN3)c1F. The fourth-order valence-electron chi connectivity index (χ4n) is 3.22. The molecule has 0 amide bonds. The molecule has 0 unspecified atom stereocenters. The van der Waals surface area contributed by atoms with E-state index in [0.29, 0.717) is 10.6 Å². The molecule has 1 N–H and O–H groups in total. The number of carbonyl (C=O) groups is 1. The van der Waals surface area contributed by atoms with Crippen LogP contribution in [0, 0.1) is 5.82 Å². The Hall–Kier alpha value is -2.14. The third-order valence-corrected chi connectivity index (χ3v) is 5.08. The lowest BCUT2D eigenvalue weighted by Crippen LogP contribution is -2.09. The van der Waals surface area contributed by atoms with Gasteiger partial charge in [0.15, 0.2) is 0 Å². The van der Waals surface area contributed by atoms with Gasteiger partial charge in [0.2, 0.25) is 0 Å². The Labute approximate surface area is 137 Å². The summed E-state index contributed by atoms with van der Waals surface area (Å²) in [7, 11) is 1.22. The number of anilines is 1. The second kappa shape index (κ2) is 4.93. The maximum absolute atomic E-state index is 14.7. The summed E-state index contributed by atoms with van der Waals surface area (Å²) in [4.78, 5) is 16.1. The molecule has 0 atom stereocenters. The number of halogens is 2. The Balaban J connectivity index is 1.89. The number of fused-ring (bicyclic) bond motifs is 2. The summed E-state index contributed by atoms with van der Waals surface area (Å²) in [5.41, 5.74) is 1.67. The number of pyridine rings is 1. The van der Waals surface area contributed by atoms with Crippen LogP contribution in [0.3, 0.4) is 0 Å². The fourth-order valence-corrected chi connectivity index (χ4v) is 3.66. The van der Waals surface area contributed by atoms with Gasteiger partial charge in [-0.1, -0.05) is 23.7 Å². The fraction of sp³-hybridized carbons (Fsp3) is 0.294. The first kappa shape index (κ1) is 14.5. The van der Waals surface area contributed by atoms with Gasteiger partial charge in [0.05, 0.1) is 17.7 Å². The van der Waals surface area contributed by atoms with E-state index in [1.807, 2.05) is 0 Å². The lowest BCUT2D eigenvalue weighted by atomic mass is 9.95. The number of methoxy groups -OCH3 is 1. The lowest BCUT2D eigenvalue weighted by molar-refractivity contribution is 0.0595. The molecule has 2 aliphatic rings. The maximum atomic E-state index is 14.7. The summed E-state index contributed by atoms with van der Waals surface area (Å²) in [6.45, 7) is 0.823. The number of benzene rings is 1. The van der Waals surface area contributed by atoms with Crippen molar-refractivity contribution in [3.8, 4) is 11.1 Å². The molecule has 1 aromatic carbocycles. The minimum absolute atomic E-state index is 0.0475. The van der Waals surface area contributed by atoms with Gasteiger partial charge >= 0.3 is 5.97 Å². The highest BCUT2D eigenvalue weighted by molar-refractivity contribution is 6.34. The largest absolute Gasteiger partial charge is 0.465 e. The second-order valence-electron chi connectivity index (χ2n) is 6.00. The molecule has 4 rings (SSSR count). The van der Waals surface area contributed by atoms with E-state index in [9.17, 15) is 9.18 Å². The van der Waals surface area contributed by atoms with Crippen LogP contribution in [0.5, 0.6) is 0 Å². The van der Waals surface area contributed by atoms with Gasteiger partial charge in [0.25, 0.3) is 0 Å². The molecular formula is C17H14ClFN2O2. The number of nitrogens with zero attached hydrogens (tertiary/aromatic N) is 1. The zero-order valence-corrected chi connectivity index (χ0v) is 13.2. The zero-order chi connectivity index (χ0) is 16.2. The first-order valence-electron chi connectivity index (χ1n) is 7.37. The van der Waals surface area contributed by atoms with E-state index in [0.717, 1.165) is 30.8 Å². The number of hydrogen-bond donors (Lipinski definition) is 1. The average molecular weight is 333 g/mol. The van der Waals surface area contributed by atoms with E-state index < -0.39 is 11.8 Å². The summed E-state index contributed by atoms with van der Waals surface area (Å²) in [5.74, 6) is -0.575. The molecule has 1 aliphatic heterocycles. The van der Waals surface area contributed by atoms with Crippen molar-refractivity contribution in [2.24, 2.45) is 0 Å². The summed E-state index contributed by atoms with van der Waals surface area (Å²) >= 11 is 6.59. The van der Waals surface area contributed by atoms with Crippen LogP contribution in [0.25, 0.3) is 11.1 Å². The minimum atomic E-state index is -0.713. The van der Waals surface area contributed by atoms with E-state index >= 15 is 0 Å². The second-order valence-corrected chi connectivity index (χ2v) is 6.38. The number of ether oxygens (including phenoxy) is 1. The third-order valence-electron chi connectivity index (χ3n) is 4.69. The zero-order valence-electron chi connectivity index (χ0n) is 12.5. The van der Waals surface area contributed by atoms with E-state index in [1.54, 1.807) is 18.3 Å². The first-order valence-corrected chi connectivity index (χ1v) is 7.75. The van der Waals surface area contributed by atoms with Gasteiger partial charge in [0.1, 0.15) is 11.6 Å². The van der Waals surface area contributed by atoms with Gasteiger partial charge in [-0.15, -0.1) is 0 Å². The van der Waals surface area contributed by atoms with Gasteiger partial charge in [-0.3, -0.25) is 0 Å². The lowest BCUT2D eigenvalue weighted by Gasteiger charge is -2.13. The number of esters is 1. The number of nitrogens with one attached hydrogen (secondary N) is 1. The molecule has 2 aromatic rings. The topological polar surface area (TPSA) is 51.2 Å². The van der Waals surface area contributed by atoms with Gasteiger partial charge in [-0.2, -0.15) is 0 Å². The molecule has 1 saturated carbocycles. The van der Waals surface area contributed by atoms with Crippen LogP contribution < -0.4 is 5.32 Å². The molecule has 6 heteroatoms. The maximum Gasteiger partial charge on any atom is 0.340 e. The molecule has 0 bridgehead atoms. The van der Waals surface area contributed by atoms with E-state index in [-0.39, 0.29) is 16.5 Å². The van der Waals surface area contributed by atoms with Crippen LogP contribution >= 0.6 is 11.6 Å². The molecular weight excluding hydrogens is 319 g/mol. The Morgan fingerprint density at radius 1 is 1.39 bits per heavy atom. The van der Waals surface area contributed by atoms with Crippen LogP contribution in [0.2, 0.25) is 5.02 Å². The van der Waals surface area contributed by atoms with Crippen molar-refractivity contribution in [2.75, 3.05) is 19.0 Å². The average Bonchev–Trinajstić information content (AvgIpc) is 3.23. The predicted octanol–water partition coefficient (Wildman–Crippen LogP) is 3.78. The summed E-state index contributed by atoms with van der Waals surface area (Å²) < 4.78 is 19.4. The first-order chi connectivity index (χ1) is 11.1. The molecule has 4 nitrogen and oxygen atoms in total. The quantitative estimate of drug-likeness (QED) is 0.850. The highest BCUT2D eigenvalue weighted by Gasteiger charge is 2.51. The smallest absolute Gasteiger partial charge is 0.340 e. The molecule has 1 aliphatic carbocycles. The van der Waals surface area contributed by atoms with Crippen molar-refractivity contribution < 1.29 is 13.9 Å². The van der Waals surface area contributed by atoms with Crippen LogP contribution in [0.15, 0.2) is 24.4 Å². The molecule has 0 saturated heterocycles. The number of aromatic nitrogens is 1. The van der Waals surface area contributed by atoms with Gasteiger partial charge in [-0.05, 0) is 18.9 Å². The Bertz CT molecular complexity index is 834. The molecule has 1 spiro atoms. The highest BCUT2D eigenvalue weighted by atomic mass is 35.5. The van der Waals surface area contributed by atoms with E-state index in [4.69, 9.17) is 11.6 Å². The number of hydrogen-bond acceptors (Lipinski definition) is 4. The molecule has 118 valence electrons. The predicted molar refractivity (Wildman–Crippen MR) is 85.4 cm³/mol. The van der Waals surface area contributed by atoms with Gasteiger partial charge in [-0.25, -0.2) is 14.2 Å². The number of rotatable bonds is 2. The Kier molecular flexibility index (Phi) is 3.10. The van der Waals surface area contributed by atoms with E-state index in [1.165, 1.54) is 13.2 Å². The third kappa shape index (κ3) is 2.03. The van der Waals surface area contributed by atoms with Crippen LogP contribution in [-0.4, -0.2) is 24.6 Å². The number of carbonyl (C=O) groups excluding carboxylic acids is 1. The van der Waals surface area contributed by atoms with Crippen molar-refractivity contribution in [1.29, 1.82) is 0 Å². The molecule has 23 heavy (non-hydrogen) atoms. The standard InChI is InChI=1S/C17H14ClFN2O2/c1-23-16(22)10-4-2-3-9(14(10)19)11-7-20-15-12(13(11)18)17(5-6-17)8-21-15/h2-4,7H,5-6,8H2,1H3,(H,20,21). The van der Waals surface area contributed by atoms with Crippen LogP contribution in [-0.2, 0) is 10.2 Å². The van der Waals surface area contributed by atoms with E-state index in [2.05, 4.69) is 15.0 Å². The minimum Gasteiger partial charge on any atom is -0.465 e. The molecule has 1 aromatic heterocycles. The van der Waals surface area contributed by atoms with Crippen LogP contribution in [0.1, 0.15) is 28.8 Å². The molecule has 0 radical (unpaired) electrons. The highest BCUT2D eigenvalue weighted by Crippen LogP contribution is 2.57. The van der Waals surface area contributed by atoms with Crippen molar-refractivity contribution in [3.63, 3.8) is 0 Å². The Morgan fingerprint density at radius 3 is 2.87 bits per heavy atom. The van der Waals surface area contributed by atoms with Crippen molar-refractivity contribution in [3.05, 3.63) is 46.4 Å². The van der Waals surface area contributed by atoms with Crippen molar-refractivity contribution in [2.45, 2.75) is 18.3 Å². The Morgan fingerprint density at radius 2 is 2.17 bits per heavy atom. The van der Waals surface area contributed by atoms with Crippen LogP contribution in [0.4, 0.5) is 10.2 Å². The summed E-state index contributed by atoms with van der Waals surface area (Å²) in [6, 6.07) is 4.60. The molecule has 2 heterocycles. The summed E-state index contributed by atoms with van der Waals surface area (Å²) in [6.07, 6.45) is 3.67. The van der Waals surface area contributed by atoms with Crippen molar-refractivity contribution in [1.82, 2.24) is 4.98 Å². The molecule has 1 fully saturated rings. The van der Waals surface area contributed by atoms with Gasteiger partial charge in [0, 0.05) is 34.8 Å². The summed E-state index contributed by atoms with van der Waals surface area (Å²) in [5, 5.41) is 3.77. The van der Waals surface area contributed by atoms with Gasteiger partial charge < -0.3 is 10.1 Å².